The van der Waals surface area contributed by atoms with Crippen molar-refractivity contribution in [2.24, 2.45) is 0 Å². The van der Waals surface area contributed by atoms with Gasteiger partial charge >= 0.3 is 12.1 Å². The number of halogens is 5. The van der Waals surface area contributed by atoms with Crippen LogP contribution in [0.25, 0.3) is 0 Å². The molecule has 27 heavy (non-hydrogen) atoms. The number of hydrogen-bond donors (Lipinski definition) is 2. The van der Waals surface area contributed by atoms with Crippen LogP contribution in [0.1, 0.15) is 36.0 Å². The Balaban J connectivity index is 2.47. The number of carboxylic acid groups (broad SMARTS) is 1. The zero-order valence-electron chi connectivity index (χ0n) is 14.1. The highest BCUT2D eigenvalue weighted by Gasteiger charge is 2.59. The zero-order valence-corrected chi connectivity index (χ0v) is 15.6. The molecule has 1 aromatic carbocycles. The Morgan fingerprint density at radius 1 is 1.22 bits per heavy atom. The van der Waals surface area contributed by atoms with E-state index in [0.717, 1.165) is 18.3 Å². The van der Waals surface area contributed by atoms with Gasteiger partial charge in [0.2, 0.25) is 0 Å². The molecule has 0 bridgehead atoms. The first-order valence-corrected chi connectivity index (χ1v) is 8.63. The Morgan fingerprint density at radius 3 is 2.41 bits per heavy atom. The number of carboxylic acids is 1. The number of aliphatic hydroxyl groups is 1. The summed E-state index contributed by atoms with van der Waals surface area (Å²) in [6.45, 7) is 1.21. The Morgan fingerprint density at radius 2 is 1.89 bits per heavy atom. The second-order valence-corrected chi connectivity index (χ2v) is 6.90. The first kappa shape index (κ1) is 21.5. The summed E-state index contributed by atoms with van der Waals surface area (Å²) in [4.78, 5) is 14.3. The molecule has 2 aromatic rings. The molecule has 0 saturated carbocycles. The maximum atomic E-state index is 13.9. The van der Waals surface area contributed by atoms with Gasteiger partial charge in [-0.3, -0.25) is 4.79 Å². The molecule has 1 heterocycles. The first-order chi connectivity index (χ1) is 12.5. The molecule has 0 aliphatic heterocycles. The largest absolute Gasteiger partial charge is 0.481 e. The number of nitrogens with zero attached hydrogens (tertiary/aromatic N) is 1. The molecule has 146 valence electrons. The molecule has 4 nitrogen and oxygen atoms in total. The number of aryl methyl sites for hydroxylation is 1. The van der Waals surface area contributed by atoms with Gasteiger partial charge in [-0.1, -0.05) is 42.3 Å². The van der Waals surface area contributed by atoms with Crippen LogP contribution in [0, 0.1) is 0 Å². The number of pyridine rings is 1. The van der Waals surface area contributed by atoms with Crippen LogP contribution < -0.4 is 0 Å². The van der Waals surface area contributed by atoms with Crippen LogP contribution in [0.3, 0.4) is 0 Å². The van der Waals surface area contributed by atoms with Crippen molar-refractivity contribution >= 4 is 29.2 Å². The fraction of sp³-hybridized carbons (Fsp3) is 0.333. The van der Waals surface area contributed by atoms with E-state index in [-0.39, 0.29) is 28.6 Å². The molecule has 0 amide bonds. The number of carbonyl (C=O) groups is 1. The molecule has 0 spiro atoms. The number of aromatic nitrogens is 1. The summed E-state index contributed by atoms with van der Waals surface area (Å²) >= 11 is 11.9. The van der Waals surface area contributed by atoms with Gasteiger partial charge < -0.3 is 10.2 Å². The maximum Gasteiger partial charge on any atom is 0.422 e. The molecular weight excluding hydrogens is 406 g/mol. The van der Waals surface area contributed by atoms with E-state index in [2.05, 4.69) is 4.98 Å². The minimum absolute atomic E-state index is 0.00761. The summed E-state index contributed by atoms with van der Waals surface area (Å²) in [5.74, 6) is -2.46. The monoisotopic (exact) mass is 421 g/mol. The second kappa shape index (κ2) is 8.04. The summed E-state index contributed by atoms with van der Waals surface area (Å²) < 4.78 is 41.6. The van der Waals surface area contributed by atoms with E-state index in [9.17, 15) is 23.1 Å². The zero-order chi connectivity index (χ0) is 20.4. The van der Waals surface area contributed by atoms with Crippen molar-refractivity contribution < 1.29 is 28.2 Å². The van der Waals surface area contributed by atoms with Crippen molar-refractivity contribution in [3.63, 3.8) is 0 Å². The van der Waals surface area contributed by atoms with Crippen molar-refractivity contribution in [3.8, 4) is 0 Å². The molecular formula is C18H16Cl2F3NO3. The number of benzene rings is 1. The minimum Gasteiger partial charge on any atom is -0.481 e. The van der Waals surface area contributed by atoms with E-state index in [1.807, 2.05) is 0 Å². The molecule has 2 rings (SSSR count). The predicted octanol–water partition coefficient (Wildman–Crippen LogP) is 4.96. The molecule has 0 aliphatic rings. The highest BCUT2D eigenvalue weighted by molar-refractivity contribution is 6.31. The van der Waals surface area contributed by atoms with Crippen LogP contribution in [0.4, 0.5) is 13.2 Å². The average molecular weight is 422 g/mol. The van der Waals surface area contributed by atoms with Gasteiger partial charge in [0.15, 0.2) is 5.60 Å². The lowest BCUT2D eigenvalue weighted by atomic mass is 9.78. The van der Waals surface area contributed by atoms with Crippen LogP contribution in [0.15, 0.2) is 36.5 Å². The van der Waals surface area contributed by atoms with Crippen molar-refractivity contribution in [1.82, 2.24) is 4.98 Å². The lowest BCUT2D eigenvalue weighted by Crippen LogP contribution is -2.46. The van der Waals surface area contributed by atoms with Crippen LogP contribution in [-0.4, -0.2) is 27.3 Å². The number of alkyl halides is 3. The average Bonchev–Trinajstić information content (AvgIpc) is 2.57. The van der Waals surface area contributed by atoms with E-state index in [4.69, 9.17) is 28.3 Å². The molecule has 0 saturated heterocycles. The standard InChI is InChI=1S/C18H16Cl2F3NO3/c1-10(13-4-2-11(8-14(13)19)3-5-16(25)26)17(27,18(21,22)23)12-6-7-24-15(20)9-12/h2,4,6-10,27H,3,5H2,1H3,(H,25,26). The number of aliphatic carboxylic acids is 1. The third-order valence-electron chi connectivity index (χ3n) is 4.38. The van der Waals surface area contributed by atoms with E-state index in [1.54, 1.807) is 0 Å². The molecule has 0 fully saturated rings. The van der Waals surface area contributed by atoms with Crippen LogP contribution in [0.5, 0.6) is 0 Å². The summed E-state index contributed by atoms with van der Waals surface area (Å²) in [6.07, 6.45) is -3.87. The quantitative estimate of drug-likeness (QED) is 0.646. The highest BCUT2D eigenvalue weighted by Crippen LogP contribution is 2.49. The SMILES string of the molecule is CC(c1ccc(CCC(=O)O)cc1Cl)C(O)(c1ccnc(Cl)c1)C(F)(F)F. The predicted molar refractivity (Wildman–Crippen MR) is 95.0 cm³/mol. The van der Waals surface area contributed by atoms with Crippen LogP contribution in [0.2, 0.25) is 10.2 Å². The van der Waals surface area contributed by atoms with E-state index in [0.29, 0.717) is 5.56 Å². The van der Waals surface area contributed by atoms with Gasteiger partial charge in [-0.2, -0.15) is 13.2 Å². The summed E-state index contributed by atoms with van der Waals surface area (Å²) in [7, 11) is 0. The smallest absolute Gasteiger partial charge is 0.422 e. The fourth-order valence-corrected chi connectivity index (χ4v) is 3.39. The summed E-state index contributed by atoms with van der Waals surface area (Å²) in [5.41, 5.74) is -3.05. The van der Waals surface area contributed by atoms with Gasteiger partial charge in [-0.05, 0) is 41.3 Å². The van der Waals surface area contributed by atoms with Gasteiger partial charge in [0.25, 0.3) is 0 Å². The van der Waals surface area contributed by atoms with Gasteiger partial charge in [0.05, 0.1) is 0 Å². The molecule has 0 radical (unpaired) electrons. The Bertz CT molecular complexity index is 845. The van der Waals surface area contributed by atoms with Gasteiger partial charge in [-0.25, -0.2) is 4.98 Å². The lowest BCUT2D eigenvalue weighted by Gasteiger charge is -2.37. The van der Waals surface area contributed by atoms with Crippen LogP contribution in [-0.2, 0) is 16.8 Å². The second-order valence-electron chi connectivity index (χ2n) is 6.10. The van der Waals surface area contributed by atoms with Gasteiger partial charge in [0, 0.05) is 23.6 Å². The fourth-order valence-electron chi connectivity index (χ4n) is 2.85. The minimum atomic E-state index is -5.01. The topological polar surface area (TPSA) is 70.4 Å². The Hall–Kier alpha value is -1.83. The molecule has 0 aliphatic carbocycles. The van der Waals surface area contributed by atoms with E-state index >= 15 is 0 Å². The van der Waals surface area contributed by atoms with Crippen molar-refractivity contribution in [2.45, 2.75) is 37.5 Å². The maximum absolute atomic E-state index is 13.9. The molecule has 1 aromatic heterocycles. The van der Waals surface area contributed by atoms with Crippen molar-refractivity contribution in [2.75, 3.05) is 0 Å². The summed E-state index contributed by atoms with van der Waals surface area (Å²) in [6, 6.07) is 6.28. The molecule has 9 heteroatoms. The lowest BCUT2D eigenvalue weighted by molar-refractivity contribution is -0.274. The first-order valence-electron chi connectivity index (χ1n) is 7.88. The van der Waals surface area contributed by atoms with Crippen molar-refractivity contribution in [1.29, 1.82) is 0 Å². The highest BCUT2D eigenvalue weighted by atomic mass is 35.5. The third-order valence-corrected chi connectivity index (χ3v) is 4.92. The van der Waals surface area contributed by atoms with Crippen molar-refractivity contribution in [3.05, 3.63) is 63.4 Å². The van der Waals surface area contributed by atoms with E-state index < -0.39 is 29.2 Å². The number of rotatable bonds is 6. The molecule has 2 unspecified atom stereocenters. The Labute approximate surface area is 163 Å². The molecule has 2 N–H and O–H groups in total. The van der Waals surface area contributed by atoms with Gasteiger partial charge in [0.1, 0.15) is 5.15 Å². The third kappa shape index (κ3) is 4.54. The molecule has 2 atom stereocenters. The van der Waals surface area contributed by atoms with Gasteiger partial charge in [-0.15, -0.1) is 0 Å². The number of hydrogen-bond acceptors (Lipinski definition) is 3. The van der Waals surface area contributed by atoms with E-state index in [1.165, 1.54) is 25.1 Å². The Kier molecular flexibility index (Phi) is 6.39. The normalized spacial score (nSPS) is 15.2. The van der Waals surface area contributed by atoms with Crippen LogP contribution >= 0.6 is 23.2 Å². The summed E-state index contributed by atoms with van der Waals surface area (Å²) in [5, 5.41) is 19.2.